The lowest BCUT2D eigenvalue weighted by atomic mass is 9.97. The van der Waals surface area contributed by atoms with E-state index < -0.39 is 14.9 Å². The normalized spacial score (nSPS) is 14.9. The first-order chi connectivity index (χ1) is 15.6. The molecule has 0 bridgehead atoms. The second-order valence-electron chi connectivity index (χ2n) is 7.60. The van der Waals surface area contributed by atoms with Crippen LogP contribution >= 0.6 is 22.9 Å². The first kappa shape index (κ1) is 23.3. The molecule has 3 aromatic rings. The van der Waals surface area contributed by atoms with Crippen LogP contribution in [0.25, 0.3) is 11.3 Å². The van der Waals surface area contributed by atoms with Crippen LogP contribution in [0.3, 0.4) is 0 Å². The van der Waals surface area contributed by atoms with Crippen molar-refractivity contribution in [1.82, 2.24) is 9.88 Å². The van der Waals surface area contributed by atoms with Gasteiger partial charge < -0.3 is 4.90 Å². The highest BCUT2D eigenvalue weighted by atomic mass is 35.5. The number of nitrogens with two attached hydrogens (primary N) is 1. The molecule has 2 heterocycles. The summed E-state index contributed by atoms with van der Waals surface area (Å²) in [7, 11) is -4.05. The minimum Gasteiger partial charge on any atom is -0.339 e. The van der Waals surface area contributed by atoms with Crippen molar-refractivity contribution in [2.24, 2.45) is 5.14 Å². The Morgan fingerprint density at radius 2 is 1.91 bits per heavy atom. The zero-order chi connectivity index (χ0) is 23.8. The van der Waals surface area contributed by atoms with Crippen molar-refractivity contribution in [3.05, 3.63) is 73.6 Å². The van der Waals surface area contributed by atoms with Gasteiger partial charge in [0.05, 0.1) is 26.2 Å². The molecule has 0 radical (unpaired) electrons. The largest absolute Gasteiger partial charge is 0.339 e. The number of thiazole rings is 1. The summed E-state index contributed by atoms with van der Waals surface area (Å²) in [6.07, 6.45) is 1.34. The zero-order valence-electron chi connectivity index (χ0n) is 17.2. The van der Waals surface area contributed by atoms with E-state index in [4.69, 9.17) is 16.7 Å². The fraction of sp³-hybridized carbons (Fsp3) is 0.238. The highest BCUT2D eigenvalue weighted by molar-refractivity contribution is 7.89. The summed E-state index contributed by atoms with van der Waals surface area (Å²) in [5.41, 5.74) is 1.26. The topological polar surface area (TPSA) is 136 Å². The molecule has 0 saturated carbocycles. The second-order valence-corrected chi connectivity index (χ2v) is 10.4. The second kappa shape index (κ2) is 9.18. The third-order valence-corrected chi connectivity index (χ3v) is 7.91. The molecule has 1 aliphatic rings. The van der Waals surface area contributed by atoms with Crippen molar-refractivity contribution in [3.63, 3.8) is 0 Å². The number of aromatic nitrogens is 1. The third-order valence-electron chi connectivity index (χ3n) is 5.51. The third kappa shape index (κ3) is 4.91. The van der Waals surface area contributed by atoms with E-state index in [0.29, 0.717) is 37.2 Å². The molecule has 2 N–H and O–H groups in total. The van der Waals surface area contributed by atoms with Gasteiger partial charge in [0.2, 0.25) is 10.0 Å². The van der Waals surface area contributed by atoms with Gasteiger partial charge in [-0.2, -0.15) is 0 Å². The van der Waals surface area contributed by atoms with Crippen LogP contribution in [0.2, 0.25) is 5.02 Å². The standard InChI is InChI=1S/C21H19ClN4O5S2/c22-16-6-5-14(11-19(16)33(23,30)31)21(27)25-9-7-13(8-10-25)20-24-17(12-32-20)15-3-1-2-4-18(15)26(28)29/h1-6,11-13H,7-10H2,(H2,23,30,31). The van der Waals surface area contributed by atoms with Crippen LogP contribution in [0.4, 0.5) is 5.69 Å². The maximum Gasteiger partial charge on any atom is 0.278 e. The number of nitro benzene ring substituents is 1. The Hall–Kier alpha value is -2.86. The Morgan fingerprint density at radius 3 is 2.58 bits per heavy atom. The molecule has 12 heteroatoms. The van der Waals surface area contributed by atoms with E-state index in [1.54, 1.807) is 23.1 Å². The number of carbonyl (C=O) groups excluding carboxylic acids is 1. The maximum atomic E-state index is 12.9. The summed E-state index contributed by atoms with van der Waals surface area (Å²) in [6.45, 7) is 0.939. The number of hydrogen-bond acceptors (Lipinski definition) is 7. The van der Waals surface area contributed by atoms with Crippen LogP contribution in [0.5, 0.6) is 0 Å². The number of rotatable bonds is 5. The summed E-state index contributed by atoms with van der Waals surface area (Å²) in [4.78, 5) is 29.8. The molecule has 0 unspecified atom stereocenters. The Kier molecular flexibility index (Phi) is 6.48. The average molecular weight is 507 g/mol. The quantitative estimate of drug-likeness (QED) is 0.409. The van der Waals surface area contributed by atoms with Gasteiger partial charge in [0.15, 0.2) is 0 Å². The van der Waals surface area contributed by atoms with Gasteiger partial charge in [0.25, 0.3) is 11.6 Å². The molecule has 1 saturated heterocycles. The van der Waals surface area contributed by atoms with Crippen molar-refractivity contribution in [1.29, 1.82) is 0 Å². The minimum absolute atomic E-state index is 0.0107. The summed E-state index contributed by atoms with van der Waals surface area (Å²) in [5, 5.41) is 19.1. The van der Waals surface area contributed by atoms with Crippen molar-refractivity contribution in [3.8, 4) is 11.3 Å². The van der Waals surface area contributed by atoms with Gasteiger partial charge in [0.1, 0.15) is 4.90 Å². The van der Waals surface area contributed by atoms with E-state index in [1.165, 1.54) is 35.6 Å². The van der Waals surface area contributed by atoms with E-state index in [2.05, 4.69) is 4.98 Å². The lowest BCUT2D eigenvalue weighted by Gasteiger charge is -2.31. The lowest BCUT2D eigenvalue weighted by molar-refractivity contribution is -0.384. The van der Waals surface area contributed by atoms with Crippen LogP contribution in [0.15, 0.2) is 52.7 Å². The zero-order valence-corrected chi connectivity index (χ0v) is 19.6. The van der Waals surface area contributed by atoms with E-state index in [9.17, 15) is 23.3 Å². The first-order valence-corrected chi connectivity index (χ1v) is 12.8. The fourth-order valence-corrected chi connectivity index (χ4v) is 5.88. The monoisotopic (exact) mass is 506 g/mol. The van der Waals surface area contributed by atoms with Gasteiger partial charge in [-0.3, -0.25) is 14.9 Å². The number of benzene rings is 2. The number of halogens is 1. The molecule has 1 aromatic heterocycles. The number of primary sulfonamides is 1. The molecule has 1 fully saturated rings. The van der Waals surface area contributed by atoms with Gasteiger partial charge in [-0.15, -0.1) is 11.3 Å². The number of nitro groups is 1. The Bertz CT molecular complexity index is 1330. The van der Waals surface area contributed by atoms with Crippen LogP contribution < -0.4 is 5.14 Å². The smallest absolute Gasteiger partial charge is 0.278 e. The number of piperidine rings is 1. The fourth-order valence-electron chi connectivity index (χ4n) is 3.81. The van der Waals surface area contributed by atoms with Crippen molar-refractivity contribution < 1.29 is 18.1 Å². The highest BCUT2D eigenvalue weighted by Crippen LogP contribution is 2.36. The summed E-state index contributed by atoms with van der Waals surface area (Å²) in [5.74, 6) is -0.171. The van der Waals surface area contributed by atoms with Crippen molar-refractivity contribution >= 4 is 44.6 Å². The SMILES string of the molecule is NS(=O)(=O)c1cc(C(=O)N2CCC(c3nc(-c4ccccc4[N+](=O)[O-])cs3)CC2)ccc1Cl. The van der Waals surface area contributed by atoms with Crippen LogP contribution in [-0.4, -0.2) is 42.2 Å². The number of hydrogen-bond donors (Lipinski definition) is 1. The number of carbonyl (C=O) groups is 1. The van der Waals surface area contributed by atoms with Crippen LogP contribution in [0, 0.1) is 10.1 Å². The molecule has 2 aromatic carbocycles. The molecule has 1 amide bonds. The number of sulfonamides is 1. The molecule has 0 aliphatic carbocycles. The molecule has 4 rings (SSSR count). The summed E-state index contributed by atoms with van der Waals surface area (Å²) >= 11 is 7.36. The number of amides is 1. The van der Waals surface area contributed by atoms with Crippen molar-refractivity contribution in [2.45, 2.75) is 23.7 Å². The van der Waals surface area contributed by atoms with Crippen LogP contribution in [-0.2, 0) is 10.0 Å². The summed E-state index contributed by atoms with van der Waals surface area (Å²) in [6, 6.07) is 10.5. The molecule has 9 nitrogen and oxygen atoms in total. The average Bonchev–Trinajstić information content (AvgIpc) is 3.28. The molecular formula is C21H19ClN4O5S2. The van der Waals surface area contributed by atoms with E-state index in [1.807, 2.05) is 5.38 Å². The van der Waals surface area contributed by atoms with Gasteiger partial charge in [-0.1, -0.05) is 23.7 Å². The van der Waals surface area contributed by atoms with Gasteiger partial charge in [0, 0.05) is 36.0 Å². The maximum absolute atomic E-state index is 12.9. The van der Waals surface area contributed by atoms with Gasteiger partial charge in [-0.25, -0.2) is 18.5 Å². The molecule has 33 heavy (non-hydrogen) atoms. The predicted octanol–water partition coefficient (Wildman–Crippen LogP) is 4.04. The minimum atomic E-state index is -4.05. The van der Waals surface area contributed by atoms with Crippen LogP contribution in [0.1, 0.15) is 34.1 Å². The van der Waals surface area contributed by atoms with E-state index in [-0.39, 0.29) is 33.0 Å². The summed E-state index contributed by atoms with van der Waals surface area (Å²) < 4.78 is 23.4. The highest BCUT2D eigenvalue weighted by Gasteiger charge is 2.28. The Balaban J connectivity index is 1.46. The molecule has 172 valence electrons. The number of nitrogens with zero attached hydrogens (tertiary/aromatic N) is 3. The van der Waals surface area contributed by atoms with E-state index >= 15 is 0 Å². The molecule has 1 aliphatic heterocycles. The number of likely N-dealkylation sites (tertiary alicyclic amines) is 1. The molecule has 0 atom stereocenters. The Labute approximate surface area is 199 Å². The molecule has 0 spiro atoms. The Morgan fingerprint density at radius 1 is 1.21 bits per heavy atom. The van der Waals surface area contributed by atoms with Crippen molar-refractivity contribution in [2.75, 3.05) is 13.1 Å². The van der Waals surface area contributed by atoms with Gasteiger partial charge >= 0.3 is 0 Å². The van der Waals surface area contributed by atoms with E-state index in [0.717, 1.165) is 5.01 Å². The predicted molar refractivity (Wildman–Crippen MR) is 125 cm³/mol. The first-order valence-electron chi connectivity index (χ1n) is 9.96. The molecular weight excluding hydrogens is 488 g/mol. The van der Waals surface area contributed by atoms with Gasteiger partial charge in [-0.05, 0) is 37.1 Å². The lowest BCUT2D eigenvalue weighted by Crippen LogP contribution is -2.38. The number of para-hydroxylation sites is 1.